The highest BCUT2D eigenvalue weighted by atomic mass is 32.2. The number of carboxylic acids is 1. The van der Waals surface area contributed by atoms with Crippen LogP contribution in [0, 0.1) is 13.8 Å². The Morgan fingerprint density at radius 3 is 2.06 bits per heavy atom. The summed E-state index contributed by atoms with van der Waals surface area (Å²) >= 11 is 1.42. The van der Waals surface area contributed by atoms with E-state index in [1.807, 2.05) is 68.4 Å². The Bertz CT molecular complexity index is 1110. The highest BCUT2D eigenvalue weighted by Gasteiger charge is 2.22. The molecule has 170 valence electrons. The number of amides is 2. The summed E-state index contributed by atoms with van der Waals surface area (Å²) in [4.78, 5) is 36.6. The molecule has 1 unspecified atom stereocenters. The van der Waals surface area contributed by atoms with E-state index in [0.717, 1.165) is 27.3 Å². The monoisotopic (exact) mass is 462 g/mol. The molecule has 3 N–H and O–H groups in total. The summed E-state index contributed by atoms with van der Waals surface area (Å²) in [5.41, 5.74) is 4.38. The van der Waals surface area contributed by atoms with Crippen LogP contribution < -0.4 is 10.6 Å². The van der Waals surface area contributed by atoms with Gasteiger partial charge in [0, 0.05) is 22.7 Å². The molecular weight excluding hydrogens is 436 g/mol. The van der Waals surface area contributed by atoms with Gasteiger partial charge in [0.25, 0.3) is 0 Å². The van der Waals surface area contributed by atoms with Crippen molar-refractivity contribution in [2.75, 3.05) is 10.6 Å². The van der Waals surface area contributed by atoms with Crippen molar-refractivity contribution in [2.24, 2.45) is 0 Å². The van der Waals surface area contributed by atoms with Crippen molar-refractivity contribution in [3.63, 3.8) is 0 Å². The molecule has 3 aromatic carbocycles. The van der Waals surface area contributed by atoms with Crippen LogP contribution in [-0.4, -0.2) is 22.9 Å². The molecule has 0 aliphatic heterocycles. The van der Waals surface area contributed by atoms with Crippen LogP contribution in [0.25, 0.3) is 0 Å². The van der Waals surface area contributed by atoms with Gasteiger partial charge in [-0.1, -0.05) is 36.4 Å². The lowest BCUT2D eigenvalue weighted by molar-refractivity contribution is -0.138. The first-order valence-corrected chi connectivity index (χ1v) is 11.4. The molecule has 3 aromatic rings. The quantitative estimate of drug-likeness (QED) is 0.361. The van der Waals surface area contributed by atoms with Crippen molar-refractivity contribution in [2.45, 2.75) is 36.8 Å². The molecule has 1 atom stereocenters. The molecule has 0 radical (unpaired) electrons. The van der Waals surface area contributed by atoms with Gasteiger partial charge in [0.2, 0.25) is 11.8 Å². The Labute approximate surface area is 197 Å². The number of nitrogens with one attached hydrogen (secondary N) is 2. The Hall–Kier alpha value is -3.58. The summed E-state index contributed by atoms with van der Waals surface area (Å²) in [7, 11) is 0. The molecule has 0 saturated carbocycles. The number of rotatable bonds is 9. The molecule has 0 aliphatic rings. The lowest BCUT2D eigenvalue weighted by Crippen LogP contribution is -2.19. The molecule has 6 nitrogen and oxygen atoms in total. The minimum absolute atomic E-state index is 0.0828. The zero-order valence-corrected chi connectivity index (χ0v) is 19.3. The van der Waals surface area contributed by atoms with Gasteiger partial charge in [-0.25, -0.2) is 0 Å². The largest absolute Gasteiger partial charge is 0.481 e. The standard InChI is InChI=1S/C26H26N2O4S/c1-17-14-18(2)16-21(15-17)28-26(32)25(19-6-4-3-5-7-19)33-22-10-8-20(9-11-22)27-23(29)12-13-24(30)31/h3-11,14-16,25H,12-13H2,1-2H3,(H,27,29)(H,28,32)(H,30,31). The third kappa shape index (κ3) is 7.50. The van der Waals surface area contributed by atoms with Crippen LogP contribution in [0.1, 0.15) is 34.8 Å². The van der Waals surface area contributed by atoms with Gasteiger partial charge >= 0.3 is 5.97 Å². The lowest BCUT2D eigenvalue weighted by atomic mass is 10.1. The van der Waals surface area contributed by atoms with E-state index in [0.29, 0.717) is 5.69 Å². The van der Waals surface area contributed by atoms with Gasteiger partial charge in [0.1, 0.15) is 5.25 Å². The maximum absolute atomic E-state index is 13.2. The Kier molecular flexibility index (Phi) is 8.27. The van der Waals surface area contributed by atoms with Crippen LogP contribution in [0.2, 0.25) is 0 Å². The minimum Gasteiger partial charge on any atom is -0.481 e. The highest BCUT2D eigenvalue weighted by Crippen LogP contribution is 2.36. The molecule has 0 aliphatic carbocycles. The second kappa shape index (κ2) is 11.3. The summed E-state index contributed by atoms with van der Waals surface area (Å²) < 4.78 is 0. The van der Waals surface area contributed by atoms with E-state index in [1.54, 1.807) is 12.1 Å². The average molecular weight is 463 g/mol. The number of benzene rings is 3. The van der Waals surface area contributed by atoms with Gasteiger partial charge in [-0.3, -0.25) is 14.4 Å². The topological polar surface area (TPSA) is 95.5 Å². The summed E-state index contributed by atoms with van der Waals surface area (Å²) in [5.74, 6) is -1.49. The number of thioether (sulfide) groups is 1. The molecule has 0 aromatic heterocycles. The lowest BCUT2D eigenvalue weighted by Gasteiger charge is -2.18. The minimum atomic E-state index is -1.01. The maximum atomic E-state index is 13.2. The normalized spacial score (nSPS) is 11.5. The first-order chi connectivity index (χ1) is 15.8. The van der Waals surface area contributed by atoms with E-state index in [1.165, 1.54) is 11.8 Å². The van der Waals surface area contributed by atoms with Gasteiger partial charge in [-0.2, -0.15) is 0 Å². The third-order valence-electron chi connectivity index (χ3n) is 4.79. The Balaban J connectivity index is 1.73. The molecule has 0 spiro atoms. The van der Waals surface area contributed by atoms with Gasteiger partial charge in [-0.05, 0) is 66.9 Å². The van der Waals surface area contributed by atoms with Gasteiger partial charge in [0.05, 0.1) is 6.42 Å². The van der Waals surface area contributed by atoms with Crippen LogP contribution in [0.5, 0.6) is 0 Å². The molecule has 2 amide bonds. The molecule has 0 bridgehead atoms. The van der Waals surface area contributed by atoms with Crippen LogP contribution in [-0.2, 0) is 14.4 Å². The van der Waals surface area contributed by atoms with Crippen molar-refractivity contribution in [3.05, 3.63) is 89.5 Å². The average Bonchev–Trinajstić information content (AvgIpc) is 2.77. The number of hydrogen-bond donors (Lipinski definition) is 3. The van der Waals surface area contributed by atoms with Gasteiger partial charge < -0.3 is 15.7 Å². The highest BCUT2D eigenvalue weighted by molar-refractivity contribution is 8.00. The smallest absolute Gasteiger partial charge is 0.303 e. The van der Waals surface area contributed by atoms with Crippen LogP contribution >= 0.6 is 11.8 Å². The molecular formula is C26H26N2O4S. The number of anilines is 2. The summed E-state index contributed by atoms with van der Waals surface area (Å²) in [6.07, 6.45) is -0.297. The number of hydrogen-bond acceptors (Lipinski definition) is 4. The number of carboxylic acid groups (broad SMARTS) is 1. The fraction of sp³-hybridized carbons (Fsp3) is 0.192. The number of aryl methyl sites for hydroxylation is 2. The first-order valence-electron chi connectivity index (χ1n) is 10.5. The molecule has 0 saturated heterocycles. The molecule has 7 heteroatoms. The SMILES string of the molecule is Cc1cc(C)cc(NC(=O)C(Sc2ccc(NC(=O)CCC(=O)O)cc2)c2ccccc2)c1. The van der Waals surface area contributed by atoms with Crippen molar-refractivity contribution in [1.82, 2.24) is 0 Å². The van der Waals surface area contributed by atoms with Gasteiger partial charge in [-0.15, -0.1) is 11.8 Å². The maximum Gasteiger partial charge on any atom is 0.303 e. The van der Waals surface area contributed by atoms with Crippen molar-refractivity contribution in [1.29, 1.82) is 0 Å². The summed E-state index contributed by atoms with van der Waals surface area (Å²) in [6.45, 7) is 3.99. The predicted octanol–water partition coefficient (Wildman–Crippen LogP) is 5.58. The van der Waals surface area contributed by atoms with Crippen LogP contribution in [0.15, 0.2) is 77.7 Å². The molecule has 0 fully saturated rings. The van der Waals surface area contributed by atoms with E-state index in [9.17, 15) is 14.4 Å². The number of aliphatic carboxylic acids is 1. The number of carbonyl (C=O) groups excluding carboxylic acids is 2. The number of carbonyl (C=O) groups is 3. The molecule has 0 heterocycles. The van der Waals surface area contributed by atoms with Crippen molar-refractivity contribution in [3.8, 4) is 0 Å². The van der Waals surface area contributed by atoms with Crippen molar-refractivity contribution >= 4 is 40.9 Å². The summed E-state index contributed by atoms with van der Waals surface area (Å²) in [6, 6.07) is 22.7. The fourth-order valence-electron chi connectivity index (χ4n) is 3.35. The Morgan fingerprint density at radius 2 is 1.45 bits per heavy atom. The zero-order valence-electron chi connectivity index (χ0n) is 18.5. The van der Waals surface area contributed by atoms with Crippen LogP contribution in [0.3, 0.4) is 0 Å². The second-order valence-electron chi connectivity index (χ2n) is 7.74. The molecule has 3 rings (SSSR count). The summed E-state index contributed by atoms with van der Waals surface area (Å²) in [5, 5.41) is 13.9. The molecule has 33 heavy (non-hydrogen) atoms. The van der Waals surface area contributed by atoms with E-state index in [-0.39, 0.29) is 24.7 Å². The zero-order chi connectivity index (χ0) is 23.8. The van der Waals surface area contributed by atoms with E-state index in [4.69, 9.17) is 5.11 Å². The van der Waals surface area contributed by atoms with E-state index in [2.05, 4.69) is 16.7 Å². The fourth-order valence-corrected chi connectivity index (χ4v) is 4.38. The third-order valence-corrected chi connectivity index (χ3v) is 6.05. The first kappa shape index (κ1) is 24.1. The van der Waals surface area contributed by atoms with Crippen LogP contribution in [0.4, 0.5) is 11.4 Å². The predicted molar refractivity (Wildman–Crippen MR) is 132 cm³/mol. The van der Waals surface area contributed by atoms with Crippen molar-refractivity contribution < 1.29 is 19.5 Å². The van der Waals surface area contributed by atoms with E-state index < -0.39 is 11.2 Å². The van der Waals surface area contributed by atoms with E-state index >= 15 is 0 Å². The van der Waals surface area contributed by atoms with Gasteiger partial charge in [0.15, 0.2) is 0 Å². The second-order valence-corrected chi connectivity index (χ2v) is 8.92. The Morgan fingerprint density at radius 1 is 0.818 bits per heavy atom.